The first-order valence-electron chi connectivity index (χ1n) is 8.51. The molecule has 1 unspecified atom stereocenters. The van der Waals surface area contributed by atoms with Gasteiger partial charge in [-0.3, -0.25) is 4.79 Å². The molecule has 1 amide bonds. The van der Waals surface area contributed by atoms with E-state index in [2.05, 4.69) is 48.3 Å². The van der Waals surface area contributed by atoms with Crippen molar-refractivity contribution in [2.45, 2.75) is 45.2 Å². The second kappa shape index (κ2) is 6.69. The predicted octanol–water partition coefficient (Wildman–Crippen LogP) is 2.04. The maximum Gasteiger partial charge on any atom is 0.224 e. The monoisotopic (exact) mass is 301 g/mol. The number of benzene rings is 1. The zero-order valence-corrected chi connectivity index (χ0v) is 13.7. The third-order valence-corrected chi connectivity index (χ3v) is 5.05. The van der Waals surface area contributed by atoms with Gasteiger partial charge in [0, 0.05) is 50.4 Å². The number of carbonyl (C=O) groups is 1. The molecule has 4 heteroatoms. The number of hydrogen-bond acceptors (Lipinski definition) is 3. The van der Waals surface area contributed by atoms with Crippen LogP contribution in [0.4, 0.5) is 5.69 Å². The lowest BCUT2D eigenvalue weighted by Gasteiger charge is -2.38. The molecule has 1 N–H and O–H groups in total. The third-order valence-electron chi connectivity index (χ3n) is 5.05. The molecule has 2 aliphatic rings. The van der Waals surface area contributed by atoms with Crippen molar-refractivity contribution in [2.24, 2.45) is 0 Å². The summed E-state index contributed by atoms with van der Waals surface area (Å²) in [5, 5.41) is 3.34. The van der Waals surface area contributed by atoms with E-state index < -0.39 is 0 Å². The van der Waals surface area contributed by atoms with Gasteiger partial charge in [0.15, 0.2) is 0 Å². The van der Waals surface area contributed by atoms with Gasteiger partial charge in [0.05, 0.1) is 0 Å². The molecule has 2 atom stereocenters. The number of para-hydroxylation sites is 1. The minimum Gasteiger partial charge on any atom is -0.368 e. The van der Waals surface area contributed by atoms with Crippen LogP contribution in [-0.2, 0) is 11.2 Å². The molecular weight excluding hydrogens is 274 g/mol. The molecule has 3 rings (SSSR count). The number of carbonyl (C=O) groups excluding carboxylic acids is 1. The quantitative estimate of drug-likeness (QED) is 0.928. The highest BCUT2D eigenvalue weighted by Crippen LogP contribution is 2.30. The van der Waals surface area contributed by atoms with Crippen LogP contribution in [0.25, 0.3) is 0 Å². The first kappa shape index (κ1) is 15.3. The first-order chi connectivity index (χ1) is 10.7. The van der Waals surface area contributed by atoms with E-state index in [-0.39, 0.29) is 0 Å². The fraction of sp³-hybridized carbons (Fsp3) is 0.611. The van der Waals surface area contributed by atoms with Gasteiger partial charge < -0.3 is 15.1 Å². The second-order valence-electron chi connectivity index (χ2n) is 6.60. The van der Waals surface area contributed by atoms with Crippen molar-refractivity contribution >= 4 is 11.6 Å². The molecule has 1 aromatic carbocycles. The maximum atomic E-state index is 12.5. The number of nitrogens with zero attached hydrogens (tertiary/aromatic N) is 2. The van der Waals surface area contributed by atoms with Gasteiger partial charge in [0.25, 0.3) is 0 Å². The molecule has 0 aliphatic carbocycles. The maximum absolute atomic E-state index is 12.5. The molecule has 2 heterocycles. The Kier molecular flexibility index (Phi) is 4.67. The van der Waals surface area contributed by atoms with E-state index >= 15 is 0 Å². The predicted molar refractivity (Wildman–Crippen MR) is 90.2 cm³/mol. The average Bonchev–Trinajstić information content (AvgIpc) is 2.54. The minimum atomic E-state index is 0.296. The molecule has 0 aromatic heterocycles. The van der Waals surface area contributed by atoms with Crippen molar-refractivity contribution in [3.63, 3.8) is 0 Å². The molecule has 0 saturated carbocycles. The van der Waals surface area contributed by atoms with Gasteiger partial charge in [0.1, 0.15) is 0 Å². The Labute approximate surface area is 133 Å². The van der Waals surface area contributed by atoms with E-state index in [4.69, 9.17) is 0 Å². The number of piperazine rings is 1. The highest BCUT2D eigenvalue weighted by Gasteiger charge is 2.26. The lowest BCUT2D eigenvalue weighted by atomic mass is 9.96. The van der Waals surface area contributed by atoms with Crippen molar-refractivity contribution < 1.29 is 4.79 Å². The number of hydrogen-bond donors (Lipinski definition) is 1. The molecular formula is C18H27N3O. The van der Waals surface area contributed by atoms with E-state index in [0.717, 1.165) is 32.6 Å². The fourth-order valence-electron chi connectivity index (χ4n) is 3.67. The highest BCUT2D eigenvalue weighted by molar-refractivity contribution is 5.77. The summed E-state index contributed by atoms with van der Waals surface area (Å²) in [5.74, 6) is 0.296. The van der Waals surface area contributed by atoms with E-state index in [1.165, 1.54) is 17.7 Å². The van der Waals surface area contributed by atoms with Crippen molar-refractivity contribution in [3.8, 4) is 0 Å². The Morgan fingerprint density at radius 1 is 1.27 bits per heavy atom. The number of anilines is 1. The van der Waals surface area contributed by atoms with Gasteiger partial charge in [-0.2, -0.15) is 0 Å². The van der Waals surface area contributed by atoms with Crippen molar-refractivity contribution in [3.05, 3.63) is 29.8 Å². The largest absolute Gasteiger partial charge is 0.368 e. The van der Waals surface area contributed by atoms with Gasteiger partial charge in [-0.1, -0.05) is 18.2 Å². The molecule has 1 saturated heterocycles. The van der Waals surface area contributed by atoms with Crippen LogP contribution in [0.3, 0.4) is 0 Å². The SMILES string of the molecule is CC1CCc2ccccc2N1CCC(=O)N1CCNC[C@H]1C. The lowest BCUT2D eigenvalue weighted by Crippen LogP contribution is -2.53. The smallest absolute Gasteiger partial charge is 0.224 e. The number of aryl methyl sites for hydroxylation is 1. The van der Waals surface area contributed by atoms with Crippen molar-refractivity contribution in [2.75, 3.05) is 31.1 Å². The van der Waals surface area contributed by atoms with Crippen molar-refractivity contribution in [1.82, 2.24) is 10.2 Å². The number of amides is 1. The van der Waals surface area contributed by atoms with Gasteiger partial charge in [-0.25, -0.2) is 0 Å². The van der Waals surface area contributed by atoms with Gasteiger partial charge in [0.2, 0.25) is 5.91 Å². The zero-order valence-electron chi connectivity index (χ0n) is 13.7. The standard InChI is InChI=1S/C18H27N3O/c1-14-7-8-16-5-3-4-6-17(16)20(14)11-9-18(22)21-12-10-19-13-15(21)2/h3-6,14-15,19H,7-13H2,1-2H3/t14?,15-/m1/s1. The van der Waals surface area contributed by atoms with Crippen LogP contribution in [0.15, 0.2) is 24.3 Å². The van der Waals surface area contributed by atoms with Crippen LogP contribution in [0, 0.1) is 0 Å². The number of rotatable bonds is 3. The van der Waals surface area contributed by atoms with Gasteiger partial charge >= 0.3 is 0 Å². The molecule has 120 valence electrons. The Balaban J connectivity index is 1.64. The van der Waals surface area contributed by atoms with E-state index in [1.807, 2.05) is 4.90 Å². The molecule has 4 nitrogen and oxygen atoms in total. The Morgan fingerprint density at radius 3 is 2.91 bits per heavy atom. The molecule has 22 heavy (non-hydrogen) atoms. The Hall–Kier alpha value is -1.55. The summed E-state index contributed by atoms with van der Waals surface area (Å²) < 4.78 is 0. The summed E-state index contributed by atoms with van der Waals surface area (Å²) in [6.07, 6.45) is 2.94. The zero-order chi connectivity index (χ0) is 15.5. The van der Waals surface area contributed by atoms with Crippen LogP contribution in [0.1, 0.15) is 32.3 Å². The summed E-state index contributed by atoms with van der Waals surface area (Å²) in [6, 6.07) is 9.46. The molecule has 0 bridgehead atoms. The summed E-state index contributed by atoms with van der Waals surface area (Å²) in [4.78, 5) is 17.0. The van der Waals surface area contributed by atoms with Crippen molar-refractivity contribution in [1.29, 1.82) is 0 Å². The Morgan fingerprint density at radius 2 is 2.09 bits per heavy atom. The summed E-state index contributed by atoms with van der Waals surface area (Å²) in [5.41, 5.74) is 2.74. The topological polar surface area (TPSA) is 35.6 Å². The normalized spacial score (nSPS) is 25.0. The van der Waals surface area contributed by atoms with E-state index in [1.54, 1.807) is 0 Å². The lowest BCUT2D eigenvalue weighted by molar-refractivity contribution is -0.133. The summed E-state index contributed by atoms with van der Waals surface area (Å²) in [7, 11) is 0. The fourth-order valence-corrected chi connectivity index (χ4v) is 3.67. The average molecular weight is 301 g/mol. The molecule has 1 aromatic rings. The Bertz CT molecular complexity index is 531. The van der Waals surface area contributed by atoms with Crippen LogP contribution in [0.5, 0.6) is 0 Å². The summed E-state index contributed by atoms with van der Waals surface area (Å²) in [6.45, 7) is 7.89. The van der Waals surface area contributed by atoms with Crippen LogP contribution in [-0.4, -0.2) is 49.1 Å². The second-order valence-corrected chi connectivity index (χ2v) is 6.60. The van der Waals surface area contributed by atoms with E-state index in [9.17, 15) is 4.79 Å². The molecule has 2 aliphatic heterocycles. The van der Waals surface area contributed by atoms with E-state index in [0.29, 0.717) is 24.4 Å². The minimum absolute atomic E-state index is 0.296. The molecule has 1 fully saturated rings. The van der Waals surface area contributed by atoms with Crippen LogP contribution >= 0.6 is 0 Å². The first-order valence-corrected chi connectivity index (χ1v) is 8.51. The number of nitrogens with one attached hydrogen (secondary N) is 1. The highest BCUT2D eigenvalue weighted by atomic mass is 16.2. The van der Waals surface area contributed by atoms with Crippen LogP contribution in [0.2, 0.25) is 0 Å². The summed E-state index contributed by atoms with van der Waals surface area (Å²) >= 11 is 0. The van der Waals surface area contributed by atoms with Crippen LogP contribution < -0.4 is 10.2 Å². The number of fused-ring (bicyclic) bond motifs is 1. The molecule has 0 spiro atoms. The molecule has 0 radical (unpaired) electrons. The van der Waals surface area contributed by atoms with Gasteiger partial charge in [-0.15, -0.1) is 0 Å². The third kappa shape index (κ3) is 3.12. The van der Waals surface area contributed by atoms with Gasteiger partial charge in [-0.05, 0) is 38.3 Å².